The SMILES string of the molecule is CCCCC(CC(C)(C)C)O[SiH3]. The highest BCUT2D eigenvalue weighted by Crippen LogP contribution is 2.24. The van der Waals surface area contributed by atoms with Crippen molar-refractivity contribution < 1.29 is 4.43 Å². The standard InChI is InChI=1S/C10H24OSi/c1-5-6-7-9(11-12)8-10(2,3)4/h9H,5-8H2,1-4,12H3. The summed E-state index contributed by atoms with van der Waals surface area (Å²) in [6.45, 7) is 9.09. The molecule has 0 aromatic heterocycles. The maximum Gasteiger partial charge on any atom is 0.146 e. The number of rotatable bonds is 5. The lowest BCUT2D eigenvalue weighted by Gasteiger charge is -2.25. The predicted octanol–water partition coefficient (Wildman–Crippen LogP) is 2.28. The molecule has 0 saturated carbocycles. The molecule has 0 heterocycles. The second-order valence-corrected chi connectivity index (χ2v) is 5.24. The highest BCUT2D eigenvalue weighted by molar-refractivity contribution is 5.98. The molecule has 0 saturated heterocycles. The van der Waals surface area contributed by atoms with Crippen LogP contribution >= 0.6 is 0 Å². The van der Waals surface area contributed by atoms with Gasteiger partial charge in [0, 0.05) is 6.10 Å². The van der Waals surface area contributed by atoms with Crippen LogP contribution in [-0.2, 0) is 4.43 Å². The Balaban J connectivity index is 3.67. The highest BCUT2D eigenvalue weighted by Gasteiger charge is 2.17. The van der Waals surface area contributed by atoms with E-state index in [0.717, 1.165) is 10.5 Å². The average molecular weight is 188 g/mol. The van der Waals surface area contributed by atoms with Crippen LogP contribution in [0.1, 0.15) is 53.4 Å². The Morgan fingerprint density at radius 2 is 1.92 bits per heavy atom. The molecule has 0 aliphatic rings. The Bertz CT molecular complexity index is 107. The third-order valence-corrected chi connectivity index (χ3v) is 2.72. The lowest BCUT2D eigenvalue weighted by atomic mass is 9.88. The Morgan fingerprint density at radius 3 is 2.25 bits per heavy atom. The molecule has 0 aromatic rings. The molecule has 2 heteroatoms. The summed E-state index contributed by atoms with van der Waals surface area (Å²) in [6.07, 6.45) is 5.57. The summed E-state index contributed by atoms with van der Waals surface area (Å²) in [6, 6.07) is 0. The van der Waals surface area contributed by atoms with Crippen LogP contribution in [-0.4, -0.2) is 16.6 Å². The molecule has 0 spiro atoms. The van der Waals surface area contributed by atoms with Crippen molar-refractivity contribution in [3.63, 3.8) is 0 Å². The Hall–Kier alpha value is 0.177. The van der Waals surface area contributed by atoms with E-state index < -0.39 is 0 Å². The molecule has 0 aliphatic heterocycles. The van der Waals surface area contributed by atoms with E-state index in [2.05, 4.69) is 27.7 Å². The third-order valence-electron chi connectivity index (χ3n) is 2.05. The highest BCUT2D eigenvalue weighted by atomic mass is 28.2. The fourth-order valence-electron chi connectivity index (χ4n) is 1.42. The molecule has 12 heavy (non-hydrogen) atoms. The lowest BCUT2D eigenvalue weighted by Crippen LogP contribution is -2.20. The molecule has 0 fully saturated rings. The van der Waals surface area contributed by atoms with Crippen molar-refractivity contribution >= 4 is 10.5 Å². The minimum Gasteiger partial charge on any atom is -0.425 e. The smallest absolute Gasteiger partial charge is 0.146 e. The molecule has 0 aliphatic carbocycles. The Morgan fingerprint density at radius 1 is 1.33 bits per heavy atom. The molecule has 0 bridgehead atoms. The van der Waals surface area contributed by atoms with E-state index in [0.29, 0.717) is 11.5 Å². The van der Waals surface area contributed by atoms with E-state index >= 15 is 0 Å². The van der Waals surface area contributed by atoms with Crippen LogP contribution in [0, 0.1) is 5.41 Å². The summed E-state index contributed by atoms with van der Waals surface area (Å²) in [5, 5.41) is 0. The monoisotopic (exact) mass is 188 g/mol. The van der Waals surface area contributed by atoms with Crippen molar-refractivity contribution in [1.82, 2.24) is 0 Å². The summed E-state index contributed by atoms with van der Waals surface area (Å²) >= 11 is 0. The molecule has 0 aromatic carbocycles. The molecular weight excluding hydrogens is 164 g/mol. The van der Waals surface area contributed by atoms with Crippen molar-refractivity contribution in [2.24, 2.45) is 5.41 Å². The van der Waals surface area contributed by atoms with Crippen LogP contribution < -0.4 is 0 Å². The molecule has 1 unspecified atom stereocenters. The van der Waals surface area contributed by atoms with E-state index in [4.69, 9.17) is 4.43 Å². The van der Waals surface area contributed by atoms with Gasteiger partial charge in [-0.15, -0.1) is 0 Å². The molecule has 0 N–H and O–H groups in total. The Kier molecular flexibility index (Phi) is 5.84. The van der Waals surface area contributed by atoms with E-state index in [1.807, 2.05) is 0 Å². The second-order valence-electron chi connectivity index (χ2n) is 4.76. The van der Waals surface area contributed by atoms with Crippen LogP contribution in [0.25, 0.3) is 0 Å². The normalized spacial score (nSPS) is 15.0. The lowest BCUT2D eigenvalue weighted by molar-refractivity contribution is 0.145. The van der Waals surface area contributed by atoms with E-state index in [9.17, 15) is 0 Å². The van der Waals surface area contributed by atoms with Crippen molar-refractivity contribution in [3.8, 4) is 0 Å². The molecular formula is C10H24OSi. The van der Waals surface area contributed by atoms with Gasteiger partial charge in [-0.05, 0) is 18.3 Å². The molecule has 0 rings (SSSR count). The van der Waals surface area contributed by atoms with Gasteiger partial charge in [0.2, 0.25) is 0 Å². The van der Waals surface area contributed by atoms with Gasteiger partial charge in [0.15, 0.2) is 0 Å². The van der Waals surface area contributed by atoms with Crippen LogP contribution in [0.5, 0.6) is 0 Å². The Labute approximate surface area is 80.4 Å². The van der Waals surface area contributed by atoms with Crippen molar-refractivity contribution in [2.75, 3.05) is 0 Å². The van der Waals surface area contributed by atoms with Gasteiger partial charge in [-0.25, -0.2) is 0 Å². The third kappa shape index (κ3) is 6.86. The summed E-state index contributed by atoms with van der Waals surface area (Å²) < 4.78 is 5.57. The van der Waals surface area contributed by atoms with Crippen molar-refractivity contribution in [3.05, 3.63) is 0 Å². The molecule has 74 valence electrons. The van der Waals surface area contributed by atoms with Crippen molar-refractivity contribution in [2.45, 2.75) is 59.5 Å². The summed E-state index contributed by atoms with van der Waals surface area (Å²) in [5.41, 5.74) is 0.419. The number of unbranched alkanes of at least 4 members (excludes halogenated alkanes) is 1. The maximum absolute atomic E-state index is 5.57. The fourth-order valence-corrected chi connectivity index (χ4v) is 1.82. The maximum atomic E-state index is 5.57. The van der Waals surface area contributed by atoms with E-state index in [-0.39, 0.29) is 0 Å². The van der Waals surface area contributed by atoms with Gasteiger partial charge in [-0.3, -0.25) is 0 Å². The van der Waals surface area contributed by atoms with Gasteiger partial charge in [-0.1, -0.05) is 40.5 Å². The van der Waals surface area contributed by atoms with E-state index in [1.165, 1.54) is 25.7 Å². The molecule has 0 radical (unpaired) electrons. The van der Waals surface area contributed by atoms with Crippen LogP contribution in [0.15, 0.2) is 0 Å². The zero-order chi connectivity index (χ0) is 9.61. The average Bonchev–Trinajstić information content (AvgIpc) is 1.95. The zero-order valence-corrected chi connectivity index (χ0v) is 11.3. The minimum absolute atomic E-state index is 0.419. The predicted molar refractivity (Wildman–Crippen MR) is 58.4 cm³/mol. The van der Waals surface area contributed by atoms with Gasteiger partial charge in [-0.2, -0.15) is 0 Å². The topological polar surface area (TPSA) is 9.23 Å². The van der Waals surface area contributed by atoms with Gasteiger partial charge in [0.05, 0.1) is 0 Å². The zero-order valence-electron chi connectivity index (χ0n) is 9.31. The molecule has 0 amide bonds. The quantitative estimate of drug-likeness (QED) is 0.602. The first-order valence-electron chi connectivity index (χ1n) is 5.02. The molecule has 1 nitrogen and oxygen atoms in total. The summed E-state index contributed by atoms with van der Waals surface area (Å²) in [7, 11) is 0.882. The van der Waals surface area contributed by atoms with E-state index in [1.54, 1.807) is 0 Å². The van der Waals surface area contributed by atoms with Gasteiger partial charge in [0.1, 0.15) is 10.5 Å². The van der Waals surface area contributed by atoms with Crippen LogP contribution in [0.3, 0.4) is 0 Å². The van der Waals surface area contributed by atoms with Crippen molar-refractivity contribution in [1.29, 1.82) is 0 Å². The molecule has 1 atom stereocenters. The number of hydrogen-bond donors (Lipinski definition) is 0. The van der Waals surface area contributed by atoms with Gasteiger partial charge in [0.25, 0.3) is 0 Å². The van der Waals surface area contributed by atoms with Gasteiger partial charge >= 0.3 is 0 Å². The van der Waals surface area contributed by atoms with Crippen LogP contribution in [0.2, 0.25) is 0 Å². The first-order chi connectivity index (χ1) is 5.49. The first kappa shape index (κ1) is 12.2. The number of hydrogen-bond acceptors (Lipinski definition) is 1. The first-order valence-corrected chi connectivity index (χ1v) is 5.84. The minimum atomic E-state index is 0.419. The fraction of sp³-hybridized carbons (Fsp3) is 1.00. The second kappa shape index (κ2) is 5.76. The van der Waals surface area contributed by atoms with Gasteiger partial charge < -0.3 is 4.43 Å². The summed E-state index contributed by atoms with van der Waals surface area (Å²) in [4.78, 5) is 0. The largest absolute Gasteiger partial charge is 0.425 e. The van der Waals surface area contributed by atoms with Crippen LogP contribution in [0.4, 0.5) is 0 Å². The summed E-state index contributed by atoms with van der Waals surface area (Å²) in [5.74, 6) is 0.